The van der Waals surface area contributed by atoms with Gasteiger partial charge in [0.15, 0.2) is 5.78 Å². The maximum Gasteiger partial charge on any atom is 0.169 e. The number of Topliss-reactive ketones (excluding diaryl/α,β-unsaturated/α-hetero) is 1. The van der Waals surface area contributed by atoms with Gasteiger partial charge in [-0.15, -0.1) is 0 Å². The average Bonchev–Trinajstić information content (AvgIpc) is 2.85. The standard InChI is InChI=1S/C15H11BrN2O/c16-11-3-1-10(2-4-11)7-15(19)13-9-18-14-5-6-17-8-12(13)14/h1-6,8-9,18H,7H2. The van der Waals surface area contributed by atoms with Gasteiger partial charge in [0, 0.05) is 46.0 Å². The molecule has 1 aromatic carbocycles. The number of hydrogen-bond donors (Lipinski definition) is 1. The van der Waals surface area contributed by atoms with Crippen molar-refractivity contribution in [2.45, 2.75) is 6.42 Å². The number of nitrogens with zero attached hydrogens (tertiary/aromatic N) is 1. The quantitative estimate of drug-likeness (QED) is 0.748. The van der Waals surface area contributed by atoms with Crippen LogP contribution in [0.15, 0.2) is 53.4 Å². The Morgan fingerprint density at radius 2 is 2.00 bits per heavy atom. The summed E-state index contributed by atoms with van der Waals surface area (Å²) in [5, 5.41) is 0.879. The van der Waals surface area contributed by atoms with Crippen molar-refractivity contribution in [3.63, 3.8) is 0 Å². The molecule has 0 radical (unpaired) electrons. The molecular weight excluding hydrogens is 304 g/mol. The van der Waals surface area contributed by atoms with Crippen LogP contribution < -0.4 is 0 Å². The highest BCUT2D eigenvalue weighted by Gasteiger charge is 2.12. The number of nitrogens with one attached hydrogen (secondary N) is 1. The number of ketones is 1. The molecule has 3 nitrogen and oxygen atoms in total. The van der Waals surface area contributed by atoms with E-state index in [-0.39, 0.29) is 5.78 Å². The number of rotatable bonds is 3. The molecule has 3 aromatic rings. The molecule has 4 heteroatoms. The van der Waals surface area contributed by atoms with Gasteiger partial charge in [0.05, 0.1) is 0 Å². The van der Waals surface area contributed by atoms with Crippen LogP contribution in [0.5, 0.6) is 0 Å². The van der Waals surface area contributed by atoms with E-state index in [1.165, 1.54) is 0 Å². The first-order valence-electron chi connectivity index (χ1n) is 5.93. The number of carbonyl (C=O) groups is 1. The lowest BCUT2D eigenvalue weighted by Crippen LogP contribution is -2.02. The molecule has 0 amide bonds. The summed E-state index contributed by atoms with van der Waals surface area (Å²) in [7, 11) is 0. The van der Waals surface area contributed by atoms with Crippen molar-refractivity contribution in [2.24, 2.45) is 0 Å². The van der Waals surface area contributed by atoms with Crippen molar-refractivity contribution in [1.82, 2.24) is 9.97 Å². The Bertz CT molecular complexity index is 731. The second kappa shape index (κ2) is 4.97. The van der Waals surface area contributed by atoms with E-state index in [1.807, 2.05) is 30.3 Å². The van der Waals surface area contributed by atoms with Crippen LogP contribution in [-0.2, 0) is 6.42 Å². The SMILES string of the molecule is O=C(Cc1ccc(Br)cc1)c1c[nH]c2ccncc12. The summed E-state index contributed by atoms with van der Waals surface area (Å²) in [4.78, 5) is 19.5. The normalized spacial score (nSPS) is 10.8. The third-order valence-electron chi connectivity index (χ3n) is 3.06. The van der Waals surface area contributed by atoms with E-state index in [9.17, 15) is 4.79 Å². The van der Waals surface area contributed by atoms with Crippen LogP contribution in [0, 0.1) is 0 Å². The molecule has 0 unspecified atom stereocenters. The van der Waals surface area contributed by atoms with Crippen molar-refractivity contribution in [1.29, 1.82) is 0 Å². The number of hydrogen-bond acceptors (Lipinski definition) is 2. The van der Waals surface area contributed by atoms with Crippen LogP contribution in [0.3, 0.4) is 0 Å². The molecule has 0 aliphatic heterocycles. The van der Waals surface area contributed by atoms with E-state index in [4.69, 9.17) is 0 Å². The Morgan fingerprint density at radius 3 is 2.79 bits per heavy atom. The van der Waals surface area contributed by atoms with E-state index in [0.29, 0.717) is 12.0 Å². The monoisotopic (exact) mass is 314 g/mol. The van der Waals surface area contributed by atoms with Gasteiger partial charge in [-0.3, -0.25) is 9.78 Å². The van der Waals surface area contributed by atoms with E-state index in [2.05, 4.69) is 25.9 Å². The molecule has 0 saturated heterocycles. The predicted octanol–water partition coefficient (Wildman–Crippen LogP) is 3.75. The van der Waals surface area contributed by atoms with Crippen molar-refractivity contribution in [3.8, 4) is 0 Å². The second-order valence-corrected chi connectivity index (χ2v) is 5.27. The highest BCUT2D eigenvalue weighted by Crippen LogP contribution is 2.19. The van der Waals surface area contributed by atoms with Gasteiger partial charge in [-0.2, -0.15) is 0 Å². The van der Waals surface area contributed by atoms with Crippen LogP contribution in [0.2, 0.25) is 0 Å². The Morgan fingerprint density at radius 1 is 1.21 bits per heavy atom. The number of pyridine rings is 1. The zero-order chi connectivity index (χ0) is 13.2. The van der Waals surface area contributed by atoms with E-state index < -0.39 is 0 Å². The number of H-pyrrole nitrogens is 1. The van der Waals surface area contributed by atoms with E-state index in [1.54, 1.807) is 18.6 Å². The molecular formula is C15H11BrN2O. The van der Waals surface area contributed by atoms with Crippen molar-refractivity contribution in [2.75, 3.05) is 0 Å². The fourth-order valence-electron chi connectivity index (χ4n) is 2.08. The van der Waals surface area contributed by atoms with Crippen LogP contribution in [0.4, 0.5) is 0 Å². The molecule has 0 aliphatic rings. The lowest BCUT2D eigenvalue weighted by atomic mass is 10.0. The number of halogens is 1. The Labute approximate surface area is 118 Å². The van der Waals surface area contributed by atoms with E-state index >= 15 is 0 Å². The van der Waals surface area contributed by atoms with Gasteiger partial charge in [0.2, 0.25) is 0 Å². The van der Waals surface area contributed by atoms with Gasteiger partial charge in [-0.1, -0.05) is 28.1 Å². The van der Waals surface area contributed by atoms with Gasteiger partial charge in [0.1, 0.15) is 0 Å². The zero-order valence-corrected chi connectivity index (χ0v) is 11.6. The summed E-state index contributed by atoms with van der Waals surface area (Å²) in [6.45, 7) is 0. The summed E-state index contributed by atoms with van der Waals surface area (Å²) >= 11 is 3.38. The molecule has 3 rings (SSSR count). The largest absolute Gasteiger partial charge is 0.360 e. The number of aromatic nitrogens is 2. The van der Waals surface area contributed by atoms with Crippen molar-refractivity contribution >= 4 is 32.6 Å². The molecule has 94 valence electrons. The smallest absolute Gasteiger partial charge is 0.169 e. The molecule has 2 heterocycles. The molecule has 19 heavy (non-hydrogen) atoms. The zero-order valence-electron chi connectivity index (χ0n) is 10.1. The maximum absolute atomic E-state index is 12.3. The Balaban J connectivity index is 1.90. The molecule has 2 aromatic heterocycles. The Hall–Kier alpha value is -1.94. The molecule has 0 aliphatic carbocycles. The highest BCUT2D eigenvalue weighted by molar-refractivity contribution is 9.10. The second-order valence-electron chi connectivity index (χ2n) is 4.35. The number of fused-ring (bicyclic) bond motifs is 1. The number of carbonyl (C=O) groups excluding carboxylic acids is 1. The fraction of sp³-hybridized carbons (Fsp3) is 0.0667. The highest BCUT2D eigenvalue weighted by atomic mass is 79.9. The summed E-state index contributed by atoms with van der Waals surface area (Å²) in [5.41, 5.74) is 2.65. The average molecular weight is 315 g/mol. The predicted molar refractivity (Wildman–Crippen MR) is 78.3 cm³/mol. The minimum atomic E-state index is 0.0987. The fourth-order valence-corrected chi connectivity index (χ4v) is 2.34. The first-order valence-corrected chi connectivity index (χ1v) is 6.72. The van der Waals surface area contributed by atoms with Gasteiger partial charge in [-0.05, 0) is 23.8 Å². The molecule has 0 bridgehead atoms. The topological polar surface area (TPSA) is 45.8 Å². The van der Waals surface area contributed by atoms with Gasteiger partial charge in [-0.25, -0.2) is 0 Å². The van der Waals surface area contributed by atoms with Crippen LogP contribution >= 0.6 is 15.9 Å². The molecule has 0 spiro atoms. The maximum atomic E-state index is 12.3. The van der Waals surface area contributed by atoms with Gasteiger partial charge < -0.3 is 4.98 Å². The number of benzene rings is 1. The molecule has 1 N–H and O–H groups in total. The molecule has 0 atom stereocenters. The van der Waals surface area contributed by atoms with E-state index in [0.717, 1.165) is 20.9 Å². The Kier molecular flexibility index (Phi) is 3.17. The lowest BCUT2D eigenvalue weighted by Gasteiger charge is -2.00. The van der Waals surface area contributed by atoms with Crippen molar-refractivity contribution < 1.29 is 4.79 Å². The van der Waals surface area contributed by atoms with Crippen molar-refractivity contribution in [3.05, 3.63) is 64.5 Å². The number of aromatic amines is 1. The third-order valence-corrected chi connectivity index (χ3v) is 3.59. The molecule has 0 saturated carbocycles. The minimum absolute atomic E-state index is 0.0987. The minimum Gasteiger partial charge on any atom is -0.360 e. The first-order chi connectivity index (χ1) is 9.24. The molecule has 0 fully saturated rings. The summed E-state index contributed by atoms with van der Waals surface area (Å²) < 4.78 is 1.01. The van der Waals surface area contributed by atoms with Crippen LogP contribution in [-0.4, -0.2) is 15.8 Å². The van der Waals surface area contributed by atoms with Gasteiger partial charge >= 0.3 is 0 Å². The van der Waals surface area contributed by atoms with Crippen LogP contribution in [0.1, 0.15) is 15.9 Å². The summed E-state index contributed by atoms with van der Waals surface area (Å²) in [6, 6.07) is 9.66. The third kappa shape index (κ3) is 2.44. The summed E-state index contributed by atoms with van der Waals surface area (Å²) in [6.07, 6.45) is 5.59. The van der Waals surface area contributed by atoms with Crippen LogP contribution in [0.25, 0.3) is 10.9 Å². The first kappa shape index (κ1) is 12.1. The summed E-state index contributed by atoms with van der Waals surface area (Å²) in [5.74, 6) is 0.0987. The van der Waals surface area contributed by atoms with Gasteiger partial charge in [0.25, 0.3) is 0 Å². The lowest BCUT2D eigenvalue weighted by molar-refractivity contribution is 0.0994.